The van der Waals surface area contributed by atoms with Gasteiger partial charge in [-0.3, -0.25) is 14.4 Å². The predicted molar refractivity (Wildman–Crippen MR) is 104 cm³/mol. The van der Waals surface area contributed by atoms with Gasteiger partial charge in [-0.25, -0.2) is 0 Å². The Morgan fingerprint density at radius 1 is 1.03 bits per heavy atom. The van der Waals surface area contributed by atoms with E-state index in [0.717, 1.165) is 4.90 Å². The van der Waals surface area contributed by atoms with Crippen LogP contribution in [0.15, 0.2) is 54.6 Å². The summed E-state index contributed by atoms with van der Waals surface area (Å²) in [4.78, 5) is 36.9. The zero-order chi connectivity index (χ0) is 22.6. The number of benzene rings is 2. The lowest BCUT2D eigenvalue weighted by atomic mass is 10.1. The monoisotopic (exact) mass is 435 g/mol. The van der Waals surface area contributed by atoms with Gasteiger partial charge in [0.25, 0.3) is 5.91 Å². The van der Waals surface area contributed by atoms with Crippen LogP contribution in [0.4, 0.5) is 13.2 Å². The van der Waals surface area contributed by atoms with E-state index in [1.165, 1.54) is 12.1 Å². The number of ether oxygens (including phenoxy) is 1. The zero-order valence-corrected chi connectivity index (χ0v) is 16.3. The molecular weight excluding hydrogens is 415 g/mol. The maximum absolute atomic E-state index is 13.0. The fourth-order valence-corrected chi connectivity index (χ4v) is 3.28. The van der Waals surface area contributed by atoms with Crippen molar-refractivity contribution in [3.63, 3.8) is 0 Å². The summed E-state index contributed by atoms with van der Waals surface area (Å²) in [5, 5.41) is 2.35. The van der Waals surface area contributed by atoms with E-state index in [1.807, 2.05) is 18.2 Å². The van der Waals surface area contributed by atoms with Gasteiger partial charge in [-0.2, -0.15) is 13.2 Å². The molecule has 1 aliphatic heterocycles. The second-order valence-corrected chi connectivity index (χ2v) is 7.06. The average Bonchev–Trinajstić information content (AvgIpc) is 3.20. The van der Waals surface area contributed by atoms with Crippen LogP contribution < -0.4 is 15.8 Å². The predicted octanol–water partition coefficient (Wildman–Crippen LogP) is 2.47. The average molecular weight is 435 g/mol. The number of rotatable bonds is 6. The number of likely N-dealkylation sites (tertiary alicyclic amines) is 1. The molecule has 3 amide bonds. The van der Waals surface area contributed by atoms with Gasteiger partial charge in [0, 0.05) is 12.1 Å². The molecule has 1 fully saturated rings. The van der Waals surface area contributed by atoms with E-state index in [9.17, 15) is 27.6 Å². The second-order valence-electron chi connectivity index (χ2n) is 7.06. The Hall–Kier alpha value is -3.56. The lowest BCUT2D eigenvalue weighted by molar-refractivity contribution is -0.171. The molecular formula is C21H20F3N3O4. The van der Waals surface area contributed by atoms with Gasteiger partial charge >= 0.3 is 6.18 Å². The molecule has 0 saturated carbocycles. The zero-order valence-electron chi connectivity index (χ0n) is 16.3. The number of para-hydroxylation sites is 1. The molecule has 31 heavy (non-hydrogen) atoms. The van der Waals surface area contributed by atoms with Crippen molar-refractivity contribution < 1.29 is 32.3 Å². The third kappa shape index (κ3) is 5.53. The Morgan fingerprint density at radius 2 is 1.65 bits per heavy atom. The second kappa shape index (κ2) is 9.07. The SMILES string of the molecule is NC(=O)C1CC(C(F)(F)F)CN1C(=O)CNC(=O)c1ccc(Oc2ccccc2)cc1. The number of amides is 3. The van der Waals surface area contributed by atoms with Gasteiger partial charge in [-0.15, -0.1) is 0 Å². The summed E-state index contributed by atoms with van der Waals surface area (Å²) in [5.41, 5.74) is 5.38. The van der Waals surface area contributed by atoms with Gasteiger partial charge in [0.2, 0.25) is 11.8 Å². The number of nitrogens with zero attached hydrogens (tertiary/aromatic N) is 1. The van der Waals surface area contributed by atoms with Gasteiger partial charge in [0.15, 0.2) is 0 Å². The number of hydrogen-bond donors (Lipinski definition) is 2. The number of alkyl halides is 3. The number of nitrogens with two attached hydrogens (primary N) is 1. The normalized spacial score (nSPS) is 18.5. The third-order valence-electron chi connectivity index (χ3n) is 4.91. The summed E-state index contributed by atoms with van der Waals surface area (Å²) >= 11 is 0. The molecule has 2 aromatic carbocycles. The lowest BCUT2D eigenvalue weighted by Crippen LogP contribution is -2.47. The van der Waals surface area contributed by atoms with Gasteiger partial charge in [0.1, 0.15) is 17.5 Å². The molecule has 0 aromatic heterocycles. The highest BCUT2D eigenvalue weighted by molar-refractivity contribution is 5.97. The fraction of sp³-hybridized carbons (Fsp3) is 0.286. The molecule has 1 heterocycles. The van der Waals surface area contributed by atoms with Crippen molar-refractivity contribution in [2.75, 3.05) is 13.1 Å². The molecule has 1 saturated heterocycles. The van der Waals surface area contributed by atoms with Crippen molar-refractivity contribution in [2.24, 2.45) is 11.7 Å². The van der Waals surface area contributed by atoms with Crippen molar-refractivity contribution in [2.45, 2.75) is 18.6 Å². The minimum Gasteiger partial charge on any atom is -0.457 e. The van der Waals surface area contributed by atoms with E-state index in [-0.39, 0.29) is 5.56 Å². The fourth-order valence-electron chi connectivity index (χ4n) is 3.28. The number of carbonyl (C=O) groups excluding carboxylic acids is 3. The lowest BCUT2D eigenvalue weighted by Gasteiger charge is -2.22. The van der Waals surface area contributed by atoms with Crippen LogP contribution in [0.5, 0.6) is 11.5 Å². The third-order valence-corrected chi connectivity index (χ3v) is 4.91. The molecule has 2 aromatic rings. The van der Waals surface area contributed by atoms with Crippen molar-refractivity contribution in [1.29, 1.82) is 0 Å². The summed E-state index contributed by atoms with van der Waals surface area (Å²) in [7, 11) is 0. The first kappa shape index (κ1) is 22.1. The van der Waals surface area contributed by atoms with Gasteiger partial charge in [-0.05, 0) is 42.8 Å². The minimum atomic E-state index is -4.55. The summed E-state index contributed by atoms with van der Waals surface area (Å²) in [6, 6.07) is 13.8. The number of primary amides is 1. The van der Waals surface area contributed by atoms with Crippen LogP contribution in [-0.4, -0.2) is 47.9 Å². The molecule has 0 aliphatic carbocycles. The number of nitrogens with one attached hydrogen (secondary N) is 1. The standard InChI is InChI=1S/C21H20F3N3O4/c22-21(23,24)14-10-17(19(25)29)27(12-14)18(28)11-26-20(30)13-6-8-16(9-7-13)31-15-4-2-1-3-5-15/h1-9,14,17H,10-12H2,(H2,25,29)(H,26,30). The molecule has 10 heteroatoms. The first-order valence-corrected chi connectivity index (χ1v) is 9.42. The van der Waals surface area contributed by atoms with Gasteiger partial charge < -0.3 is 20.7 Å². The van der Waals surface area contributed by atoms with E-state index >= 15 is 0 Å². The first-order chi connectivity index (χ1) is 14.6. The highest BCUT2D eigenvalue weighted by atomic mass is 19.4. The molecule has 0 spiro atoms. The van der Waals surface area contributed by atoms with Crippen molar-refractivity contribution >= 4 is 17.7 Å². The summed E-state index contributed by atoms with van der Waals surface area (Å²) in [6.07, 6.45) is -5.13. The topological polar surface area (TPSA) is 102 Å². The molecule has 164 valence electrons. The Morgan fingerprint density at radius 3 is 2.23 bits per heavy atom. The largest absolute Gasteiger partial charge is 0.457 e. The first-order valence-electron chi connectivity index (χ1n) is 9.42. The van der Waals surface area contributed by atoms with Crippen LogP contribution in [-0.2, 0) is 9.59 Å². The van der Waals surface area contributed by atoms with Crippen LogP contribution >= 0.6 is 0 Å². The Kier molecular flexibility index (Phi) is 6.47. The number of carbonyl (C=O) groups is 3. The molecule has 3 rings (SSSR count). The van der Waals surface area contributed by atoms with Crippen molar-refractivity contribution in [3.05, 3.63) is 60.2 Å². The summed E-state index contributed by atoms with van der Waals surface area (Å²) in [5.74, 6) is -3.13. The maximum atomic E-state index is 13.0. The van der Waals surface area contributed by atoms with Crippen molar-refractivity contribution in [1.82, 2.24) is 10.2 Å². The van der Waals surface area contributed by atoms with E-state index < -0.39 is 55.4 Å². The Balaban J connectivity index is 1.57. The molecule has 0 radical (unpaired) electrons. The highest BCUT2D eigenvalue weighted by Crippen LogP contribution is 2.36. The van der Waals surface area contributed by atoms with Gasteiger partial charge in [0.05, 0.1) is 12.5 Å². The highest BCUT2D eigenvalue weighted by Gasteiger charge is 2.50. The van der Waals surface area contributed by atoms with Crippen LogP contribution in [0, 0.1) is 5.92 Å². The van der Waals surface area contributed by atoms with E-state index in [0.29, 0.717) is 11.5 Å². The van der Waals surface area contributed by atoms with E-state index in [4.69, 9.17) is 10.5 Å². The summed E-state index contributed by atoms with van der Waals surface area (Å²) < 4.78 is 44.5. The summed E-state index contributed by atoms with van der Waals surface area (Å²) in [6.45, 7) is -1.23. The van der Waals surface area contributed by atoms with Crippen LogP contribution in [0.1, 0.15) is 16.8 Å². The molecule has 0 bridgehead atoms. The van der Waals surface area contributed by atoms with E-state index in [1.54, 1.807) is 24.3 Å². The van der Waals surface area contributed by atoms with Gasteiger partial charge in [-0.1, -0.05) is 18.2 Å². The Bertz CT molecular complexity index is 949. The quantitative estimate of drug-likeness (QED) is 0.728. The molecule has 1 aliphatic rings. The molecule has 7 nitrogen and oxygen atoms in total. The molecule has 2 atom stereocenters. The number of halogens is 3. The smallest absolute Gasteiger partial charge is 0.393 e. The van der Waals surface area contributed by atoms with Crippen LogP contribution in [0.2, 0.25) is 0 Å². The van der Waals surface area contributed by atoms with E-state index in [2.05, 4.69) is 5.32 Å². The molecule has 2 unspecified atom stereocenters. The van der Waals surface area contributed by atoms with Crippen LogP contribution in [0.3, 0.4) is 0 Å². The number of hydrogen-bond acceptors (Lipinski definition) is 4. The minimum absolute atomic E-state index is 0.231. The van der Waals surface area contributed by atoms with Crippen molar-refractivity contribution in [3.8, 4) is 11.5 Å². The van der Waals surface area contributed by atoms with Crippen LogP contribution in [0.25, 0.3) is 0 Å². The molecule has 3 N–H and O–H groups in total. The Labute approximate surface area is 176 Å². The maximum Gasteiger partial charge on any atom is 0.393 e.